The van der Waals surface area contributed by atoms with Gasteiger partial charge < -0.3 is 10.4 Å². The minimum absolute atomic E-state index is 0.0590. The predicted molar refractivity (Wildman–Crippen MR) is 104 cm³/mol. The molecule has 1 aromatic carbocycles. The summed E-state index contributed by atoms with van der Waals surface area (Å²) in [5.74, 6) is -0.923. The highest BCUT2D eigenvalue weighted by molar-refractivity contribution is 6.33. The number of rotatable bonds is 4. The number of aliphatic hydroxyl groups is 1. The first-order valence-corrected chi connectivity index (χ1v) is 9.91. The number of halogens is 6. The number of hydrogen-bond acceptors (Lipinski definition) is 3. The summed E-state index contributed by atoms with van der Waals surface area (Å²) < 4.78 is 52.6. The van der Waals surface area contributed by atoms with Crippen molar-refractivity contribution in [2.24, 2.45) is 0 Å². The largest absolute Gasteiger partial charge is 0.433 e. The second-order valence-electron chi connectivity index (χ2n) is 7.29. The number of amides is 1. The third kappa shape index (κ3) is 5.04. The molecule has 1 heterocycles. The Labute approximate surface area is 180 Å². The number of alkyl halides is 4. The fourth-order valence-electron chi connectivity index (χ4n) is 3.56. The minimum atomic E-state index is -4.76. The Morgan fingerprint density at radius 3 is 2.50 bits per heavy atom. The number of hydrogen-bond donors (Lipinski definition) is 2. The number of nitrogens with one attached hydrogen (secondary N) is 1. The molecular weight excluding hydrogens is 447 g/mol. The van der Waals surface area contributed by atoms with E-state index in [0.29, 0.717) is 16.7 Å². The number of benzene rings is 1. The highest BCUT2D eigenvalue weighted by Crippen LogP contribution is 2.40. The number of carbonyl (C=O) groups excluding carboxylic acids is 1. The molecule has 1 atom stereocenters. The smallest absolute Gasteiger partial charge is 0.387 e. The van der Waals surface area contributed by atoms with E-state index in [1.807, 2.05) is 0 Å². The molecule has 2 N–H and O–H groups in total. The molecule has 4 nitrogen and oxygen atoms in total. The van der Waals surface area contributed by atoms with Crippen molar-refractivity contribution >= 4 is 29.1 Å². The van der Waals surface area contributed by atoms with Crippen molar-refractivity contribution in [1.29, 1.82) is 0 Å². The topological polar surface area (TPSA) is 62.2 Å². The summed E-state index contributed by atoms with van der Waals surface area (Å²) in [7, 11) is 0. The van der Waals surface area contributed by atoms with E-state index >= 15 is 0 Å². The van der Waals surface area contributed by atoms with Crippen molar-refractivity contribution in [2.75, 3.05) is 0 Å². The van der Waals surface area contributed by atoms with Crippen molar-refractivity contribution in [2.45, 2.75) is 49.7 Å². The van der Waals surface area contributed by atoms with Gasteiger partial charge in [-0.05, 0) is 49.4 Å². The van der Waals surface area contributed by atoms with Crippen molar-refractivity contribution in [1.82, 2.24) is 10.3 Å². The van der Waals surface area contributed by atoms with E-state index in [1.54, 1.807) is 18.2 Å². The van der Waals surface area contributed by atoms with Crippen molar-refractivity contribution in [3.05, 3.63) is 63.4 Å². The lowest BCUT2D eigenvalue weighted by Crippen LogP contribution is -2.48. The molecule has 1 aliphatic rings. The van der Waals surface area contributed by atoms with E-state index in [0.717, 1.165) is 6.20 Å². The third-order valence-electron chi connectivity index (χ3n) is 5.17. The zero-order chi connectivity index (χ0) is 22.1. The van der Waals surface area contributed by atoms with Gasteiger partial charge in [0.15, 0.2) is 0 Å². The molecule has 3 rings (SSSR count). The lowest BCUT2D eigenvalue weighted by Gasteiger charge is -2.40. The first-order chi connectivity index (χ1) is 14.0. The van der Waals surface area contributed by atoms with Gasteiger partial charge in [0.2, 0.25) is 0 Å². The van der Waals surface area contributed by atoms with Gasteiger partial charge in [-0.2, -0.15) is 13.2 Å². The van der Waals surface area contributed by atoms with E-state index in [4.69, 9.17) is 23.2 Å². The van der Waals surface area contributed by atoms with Crippen LogP contribution >= 0.6 is 23.2 Å². The summed E-state index contributed by atoms with van der Waals surface area (Å²) in [4.78, 5) is 16.1. The molecule has 2 aromatic rings. The highest BCUT2D eigenvalue weighted by atomic mass is 35.5. The Bertz CT molecular complexity index is 931. The number of nitrogens with zero attached hydrogens (tertiary/aromatic N) is 1. The molecule has 1 saturated carbocycles. The van der Waals surface area contributed by atoms with Crippen LogP contribution in [0.3, 0.4) is 0 Å². The zero-order valence-corrected chi connectivity index (χ0v) is 17.0. The predicted octanol–water partition coefficient (Wildman–Crippen LogP) is 5.52. The van der Waals surface area contributed by atoms with E-state index in [-0.39, 0.29) is 30.7 Å². The quantitative estimate of drug-likeness (QED) is 0.585. The lowest BCUT2D eigenvalue weighted by molar-refractivity contribution is -0.141. The van der Waals surface area contributed by atoms with Crippen LogP contribution in [0.1, 0.15) is 53.3 Å². The second kappa shape index (κ2) is 8.69. The normalized spacial score (nSPS) is 23.1. The molecule has 1 aromatic heterocycles. The Morgan fingerprint density at radius 2 is 1.90 bits per heavy atom. The van der Waals surface area contributed by atoms with Crippen LogP contribution < -0.4 is 5.32 Å². The van der Waals surface area contributed by atoms with Gasteiger partial charge in [0.1, 0.15) is 11.9 Å². The molecule has 30 heavy (non-hydrogen) atoms. The van der Waals surface area contributed by atoms with Gasteiger partial charge in [-0.25, -0.2) is 4.39 Å². The van der Waals surface area contributed by atoms with Gasteiger partial charge in [-0.15, -0.1) is 0 Å². The van der Waals surface area contributed by atoms with E-state index in [2.05, 4.69) is 10.3 Å². The van der Waals surface area contributed by atoms with Crippen LogP contribution in [0, 0.1) is 0 Å². The monoisotopic (exact) mass is 464 g/mol. The molecule has 10 heteroatoms. The third-order valence-corrected chi connectivity index (χ3v) is 5.70. The lowest BCUT2D eigenvalue weighted by atomic mass is 9.76. The maximum atomic E-state index is 13.6. The summed E-state index contributed by atoms with van der Waals surface area (Å²) in [6, 6.07) is 5.88. The Kier molecular flexibility index (Phi) is 6.60. The molecule has 1 fully saturated rings. The molecule has 0 spiro atoms. The van der Waals surface area contributed by atoms with Crippen LogP contribution in [0.2, 0.25) is 10.0 Å². The minimum Gasteiger partial charge on any atom is -0.387 e. The van der Waals surface area contributed by atoms with Crippen LogP contribution in [0.25, 0.3) is 0 Å². The average molecular weight is 465 g/mol. The van der Waals surface area contributed by atoms with Crippen LogP contribution in [0.5, 0.6) is 0 Å². The first-order valence-electron chi connectivity index (χ1n) is 9.15. The standard InChI is InChI=1S/C20H18Cl2F4N2O2/c21-12-3-1-2-11(8-12)17(19(30)6-4-13(23)5-7-19)28-18(29)14-9-16(20(24,25)26)27-10-15(14)22/h1-3,8-10,13,17,30H,4-7H2,(H,28,29)/t13-,17-,19+/m0/s1. The summed E-state index contributed by atoms with van der Waals surface area (Å²) in [5.41, 5.74) is -2.77. The van der Waals surface area contributed by atoms with Gasteiger partial charge in [-0.3, -0.25) is 9.78 Å². The maximum Gasteiger partial charge on any atom is 0.433 e. The molecule has 162 valence electrons. The maximum absolute atomic E-state index is 13.6. The molecule has 1 amide bonds. The summed E-state index contributed by atoms with van der Waals surface area (Å²) >= 11 is 11.9. The van der Waals surface area contributed by atoms with Gasteiger partial charge in [-0.1, -0.05) is 35.3 Å². The van der Waals surface area contributed by atoms with Crippen LogP contribution in [-0.2, 0) is 6.18 Å². The second-order valence-corrected chi connectivity index (χ2v) is 8.13. The Balaban J connectivity index is 1.97. The Morgan fingerprint density at radius 1 is 1.23 bits per heavy atom. The molecule has 0 saturated heterocycles. The van der Waals surface area contributed by atoms with Crippen molar-refractivity contribution < 1.29 is 27.5 Å². The molecule has 0 unspecified atom stereocenters. The highest BCUT2D eigenvalue weighted by Gasteiger charge is 2.42. The summed E-state index contributed by atoms with van der Waals surface area (Å²) in [6.07, 6.45) is -4.77. The summed E-state index contributed by atoms with van der Waals surface area (Å²) in [6.45, 7) is 0. The molecule has 0 aliphatic heterocycles. The molecular formula is C20H18Cl2F4N2O2. The molecule has 0 bridgehead atoms. The fourth-order valence-corrected chi connectivity index (χ4v) is 3.95. The number of pyridine rings is 1. The average Bonchev–Trinajstić information content (AvgIpc) is 2.67. The van der Waals surface area contributed by atoms with E-state index in [9.17, 15) is 27.5 Å². The molecule has 0 radical (unpaired) electrons. The van der Waals surface area contributed by atoms with Crippen LogP contribution in [0.15, 0.2) is 36.5 Å². The van der Waals surface area contributed by atoms with Gasteiger partial charge in [0.25, 0.3) is 5.91 Å². The van der Waals surface area contributed by atoms with Crippen molar-refractivity contribution in [3.8, 4) is 0 Å². The van der Waals surface area contributed by atoms with Gasteiger partial charge >= 0.3 is 6.18 Å². The first kappa shape index (κ1) is 22.8. The van der Waals surface area contributed by atoms with Gasteiger partial charge in [0, 0.05) is 11.2 Å². The van der Waals surface area contributed by atoms with Crippen LogP contribution in [-0.4, -0.2) is 27.8 Å². The molecule has 1 aliphatic carbocycles. The summed E-state index contributed by atoms with van der Waals surface area (Å²) in [5, 5.41) is 13.8. The van der Waals surface area contributed by atoms with Gasteiger partial charge in [0.05, 0.1) is 22.2 Å². The number of aromatic nitrogens is 1. The SMILES string of the molecule is O=C(N[C@@H](c1cccc(Cl)c1)[C@]1(O)CC[C@@H](F)CC1)c1cc(C(F)(F)F)ncc1Cl. The number of carbonyl (C=O) groups is 1. The van der Waals surface area contributed by atoms with Crippen LogP contribution in [0.4, 0.5) is 17.6 Å². The van der Waals surface area contributed by atoms with Crippen molar-refractivity contribution in [3.63, 3.8) is 0 Å². The Hall–Kier alpha value is -1.90. The fraction of sp³-hybridized carbons (Fsp3) is 0.400. The van der Waals surface area contributed by atoms with E-state index < -0.39 is 41.2 Å². The zero-order valence-electron chi connectivity index (χ0n) is 15.5. The van der Waals surface area contributed by atoms with E-state index in [1.165, 1.54) is 6.07 Å².